The molecule has 2 fully saturated rings. The lowest BCUT2D eigenvalue weighted by Gasteiger charge is -2.38. The van der Waals surface area contributed by atoms with E-state index in [1.165, 1.54) is 12.1 Å². The lowest BCUT2D eigenvalue weighted by molar-refractivity contribution is -0.192. The zero-order valence-electron chi connectivity index (χ0n) is 15.5. The van der Waals surface area contributed by atoms with E-state index in [4.69, 9.17) is 14.2 Å². The molecular formula is C20H19F3N2O5. The first-order chi connectivity index (χ1) is 14.3. The first kappa shape index (κ1) is 20.5. The van der Waals surface area contributed by atoms with Gasteiger partial charge < -0.3 is 30.0 Å². The summed E-state index contributed by atoms with van der Waals surface area (Å²) in [4.78, 5) is 12.4. The number of amides is 2. The van der Waals surface area contributed by atoms with Crippen molar-refractivity contribution >= 4 is 11.7 Å². The average molecular weight is 424 g/mol. The summed E-state index contributed by atoms with van der Waals surface area (Å²) >= 11 is 0. The van der Waals surface area contributed by atoms with Crippen LogP contribution in [0.15, 0.2) is 54.6 Å². The Bertz CT molecular complexity index is 896. The molecule has 0 spiro atoms. The summed E-state index contributed by atoms with van der Waals surface area (Å²) in [5.74, 6) is 0.492. The Morgan fingerprint density at radius 2 is 1.90 bits per heavy atom. The summed E-state index contributed by atoms with van der Waals surface area (Å²) in [6.45, 7) is 0.130. The van der Waals surface area contributed by atoms with Gasteiger partial charge in [0, 0.05) is 5.69 Å². The van der Waals surface area contributed by atoms with Gasteiger partial charge in [0.1, 0.15) is 18.0 Å². The molecule has 0 saturated carbocycles. The Morgan fingerprint density at radius 1 is 1.13 bits per heavy atom. The average Bonchev–Trinajstić information content (AvgIpc) is 3.15. The van der Waals surface area contributed by atoms with E-state index in [0.29, 0.717) is 5.75 Å². The predicted molar refractivity (Wildman–Crippen MR) is 98.9 cm³/mol. The van der Waals surface area contributed by atoms with Crippen molar-refractivity contribution in [3.8, 4) is 5.75 Å². The Hall–Kier alpha value is -2.82. The number of carbonyl (C=O) groups excluding carboxylic acids is 1. The number of carbonyl (C=O) groups is 1. The van der Waals surface area contributed by atoms with Crippen molar-refractivity contribution in [2.75, 3.05) is 11.9 Å². The van der Waals surface area contributed by atoms with Crippen molar-refractivity contribution in [3.05, 3.63) is 60.2 Å². The number of aliphatic hydroxyl groups excluding tert-OH is 1. The van der Waals surface area contributed by atoms with Crippen molar-refractivity contribution in [3.63, 3.8) is 0 Å². The topological polar surface area (TPSA) is 89.1 Å². The van der Waals surface area contributed by atoms with Crippen LogP contribution in [0.1, 0.15) is 5.56 Å². The summed E-state index contributed by atoms with van der Waals surface area (Å²) < 4.78 is 55.5. The molecule has 0 radical (unpaired) electrons. The summed E-state index contributed by atoms with van der Waals surface area (Å²) in [5.41, 5.74) is -0.920. The normalized spacial score (nSPS) is 28.1. The Balaban J connectivity index is 1.44. The predicted octanol–water partition coefficient (Wildman–Crippen LogP) is 2.76. The monoisotopic (exact) mass is 424 g/mol. The molecule has 5 unspecified atom stereocenters. The smallest absolute Gasteiger partial charge is 0.416 e. The minimum Gasteiger partial charge on any atom is -0.482 e. The second-order valence-electron chi connectivity index (χ2n) is 6.97. The van der Waals surface area contributed by atoms with E-state index in [0.717, 1.165) is 12.1 Å². The fraction of sp³-hybridized carbons (Fsp3) is 0.350. The number of hydrogen-bond donors (Lipinski definition) is 3. The minimum atomic E-state index is -4.53. The fourth-order valence-electron chi connectivity index (χ4n) is 3.44. The molecule has 7 nitrogen and oxygen atoms in total. The molecule has 2 saturated heterocycles. The number of ether oxygens (including phenoxy) is 3. The third-order valence-electron chi connectivity index (χ3n) is 4.87. The number of halogens is 3. The van der Waals surface area contributed by atoms with Crippen LogP contribution in [0.5, 0.6) is 5.75 Å². The number of fused-ring (bicyclic) bond motifs is 2. The molecule has 0 aliphatic carbocycles. The molecule has 5 atom stereocenters. The van der Waals surface area contributed by atoms with Crippen molar-refractivity contribution in [2.24, 2.45) is 0 Å². The van der Waals surface area contributed by atoms with Crippen LogP contribution in [0.2, 0.25) is 0 Å². The highest BCUT2D eigenvalue weighted by molar-refractivity contribution is 5.89. The summed E-state index contributed by atoms with van der Waals surface area (Å²) in [6, 6.07) is 11.3. The SMILES string of the molecule is O=C(Nc1cccc(C(F)(F)F)c1)NC1C2COC(O2)C(Oc2ccccc2)C1O. The van der Waals surface area contributed by atoms with Gasteiger partial charge in [0.15, 0.2) is 12.4 Å². The number of hydrogen-bond acceptors (Lipinski definition) is 5. The number of urea groups is 1. The number of benzene rings is 2. The molecule has 2 aromatic rings. The highest BCUT2D eigenvalue weighted by atomic mass is 19.4. The quantitative estimate of drug-likeness (QED) is 0.703. The second-order valence-corrected chi connectivity index (χ2v) is 6.97. The molecule has 2 amide bonds. The number of para-hydroxylation sites is 1. The summed E-state index contributed by atoms with van der Waals surface area (Å²) in [5, 5.41) is 15.7. The van der Waals surface area contributed by atoms with Crippen molar-refractivity contribution in [1.82, 2.24) is 5.32 Å². The van der Waals surface area contributed by atoms with Gasteiger partial charge in [-0.05, 0) is 30.3 Å². The first-order valence-electron chi connectivity index (χ1n) is 9.23. The van der Waals surface area contributed by atoms with E-state index in [1.54, 1.807) is 24.3 Å². The Labute approximate surface area is 169 Å². The molecule has 2 aromatic carbocycles. The van der Waals surface area contributed by atoms with Gasteiger partial charge in [0.2, 0.25) is 0 Å². The maximum Gasteiger partial charge on any atom is 0.416 e. The van der Waals surface area contributed by atoms with Crippen molar-refractivity contribution in [2.45, 2.75) is 36.8 Å². The number of rotatable bonds is 4. The summed E-state index contributed by atoms with van der Waals surface area (Å²) in [7, 11) is 0. The van der Waals surface area contributed by atoms with Crippen LogP contribution in [0.3, 0.4) is 0 Å². The van der Waals surface area contributed by atoms with E-state index >= 15 is 0 Å². The van der Waals surface area contributed by atoms with Gasteiger partial charge in [-0.3, -0.25) is 0 Å². The van der Waals surface area contributed by atoms with Crippen LogP contribution in [0.4, 0.5) is 23.7 Å². The molecule has 0 aromatic heterocycles. The number of alkyl halides is 3. The third kappa shape index (κ3) is 4.35. The second kappa shape index (κ2) is 8.13. The molecule has 2 heterocycles. The van der Waals surface area contributed by atoms with Crippen molar-refractivity contribution < 1.29 is 37.3 Å². The largest absolute Gasteiger partial charge is 0.482 e. The highest BCUT2D eigenvalue weighted by Gasteiger charge is 2.52. The Kier molecular flexibility index (Phi) is 5.54. The summed E-state index contributed by atoms with van der Waals surface area (Å²) in [6.07, 6.45) is -8.00. The molecule has 2 bridgehead atoms. The lowest BCUT2D eigenvalue weighted by atomic mass is 9.98. The molecule has 2 aliphatic heterocycles. The van der Waals surface area contributed by atoms with Gasteiger partial charge in [0.25, 0.3) is 0 Å². The fourth-order valence-corrected chi connectivity index (χ4v) is 3.44. The lowest BCUT2D eigenvalue weighted by Crippen LogP contribution is -2.62. The van der Waals surface area contributed by atoms with E-state index in [-0.39, 0.29) is 12.3 Å². The van der Waals surface area contributed by atoms with Gasteiger partial charge in [-0.2, -0.15) is 13.2 Å². The van der Waals surface area contributed by atoms with Crippen LogP contribution < -0.4 is 15.4 Å². The van der Waals surface area contributed by atoms with E-state index in [2.05, 4.69) is 10.6 Å². The maximum atomic E-state index is 12.8. The van der Waals surface area contributed by atoms with Gasteiger partial charge >= 0.3 is 12.2 Å². The molecule has 10 heteroatoms. The van der Waals surface area contributed by atoms with Gasteiger partial charge in [0.05, 0.1) is 18.2 Å². The van der Waals surface area contributed by atoms with Gasteiger partial charge in [-0.1, -0.05) is 24.3 Å². The molecule has 30 heavy (non-hydrogen) atoms. The number of aliphatic hydroxyl groups is 1. The standard InChI is InChI=1S/C20H19F3N2O5/c21-20(22,23)11-5-4-6-12(9-11)24-19(27)25-15-14-10-28-18(30-14)17(16(15)26)29-13-7-2-1-3-8-13/h1-9,14-18,26H,10H2,(H2,24,25,27). The maximum absolute atomic E-state index is 12.8. The molecule has 3 N–H and O–H groups in total. The first-order valence-corrected chi connectivity index (χ1v) is 9.23. The van der Waals surface area contributed by atoms with Crippen LogP contribution in [-0.4, -0.2) is 48.4 Å². The number of anilines is 1. The molecule has 2 aliphatic rings. The third-order valence-corrected chi connectivity index (χ3v) is 4.87. The van der Waals surface area contributed by atoms with Gasteiger partial charge in [-0.15, -0.1) is 0 Å². The molecule has 160 valence electrons. The van der Waals surface area contributed by atoms with Gasteiger partial charge in [-0.25, -0.2) is 4.79 Å². The number of nitrogens with one attached hydrogen (secondary N) is 2. The van der Waals surface area contributed by atoms with Crippen LogP contribution in [0, 0.1) is 0 Å². The van der Waals surface area contributed by atoms with Crippen LogP contribution in [0.25, 0.3) is 0 Å². The van der Waals surface area contributed by atoms with E-state index < -0.39 is 48.4 Å². The molecule has 4 rings (SSSR count). The zero-order chi connectivity index (χ0) is 21.3. The van der Waals surface area contributed by atoms with E-state index in [9.17, 15) is 23.1 Å². The Morgan fingerprint density at radius 3 is 2.63 bits per heavy atom. The van der Waals surface area contributed by atoms with Crippen molar-refractivity contribution in [1.29, 1.82) is 0 Å². The van der Waals surface area contributed by atoms with Crippen LogP contribution >= 0.6 is 0 Å². The van der Waals surface area contributed by atoms with E-state index in [1.807, 2.05) is 6.07 Å². The van der Waals surface area contributed by atoms with Crippen LogP contribution in [-0.2, 0) is 15.7 Å². The zero-order valence-corrected chi connectivity index (χ0v) is 15.5. The molecular weight excluding hydrogens is 405 g/mol. The minimum absolute atomic E-state index is 0.0359. The highest BCUT2D eigenvalue weighted by Crippen LogP contribution is 2.32.